The Bertz CT molecular complexity index is 642. The van der Waals surface area contributed by atoms with E-state index in [1.54, 1.807) is 6.21 Å². The minimum absolute atomic E-state index is 0.309. The molecule has 2 aromatic rings. The fourth-order valence-corrected chi connectivity index (χ4v) is 1.95. The van der Waals surface area contributed by atoms with Crippen LogP contribution in [0.2, 0.25) is 0 Å². The normalized spacial score (nSPS) is 12.8. The van der Waals surface area contributed by atoms with E-state index in [9.17, 15) is 0 Å². The molecule has 0 heterocycles. The van der Waals surface area contributed by atoms with Crippen LogP contribution in [0, 0.1) is 0 Å². The number of halogens is 1. The van der Waals surface area contributed by atoms with Gasteiger partial charge in [0.25, 0.3) is 0 Å². The van der Waals surface area contributed by atoms with E-state index in [0.717, 1.165) is 10.9 Å². The summed E-state index contributed by atoms with van der Waals surface area (Å²) in [6.45, 7) is 5.28. The summed E-state index contributed by atoms with van der Waals surface area (Å²) < 4.78 is 0. The first-order chi connectivity index (χ1) is 8.76. The number of nitrogens with zero attached hydrogens (tertiary/aromatic N) is 2. The predicted molar refractivity (Wildman–Crippen MR) is 80.4 cm³/mol. The van der Waals surface area contributed by atoms with E-state index in [4.69, 9.17) is 11.6 Å². The van der Waals surface area contributed by atoms with Crippen LogP contribution in [-0.2, 0) is 0 Å². The fourth-order valence-electron chi connectivity index (χ4n) is 1.79. The molecule has 0 aliphatic heterocycles. The number of benzene rings is 2. The van der Waals surface area contributed by atoms with E-state index in [1.807, 2.05) is 37.3 Å². The average molecular weight is 257 g/mol. The Hall–Kier alpha value is -1.93. The van der Waals surface area contributed by atoms with Gasteiger partial charge >= 0.3 is 0 Å². The zero-order valence-electron chi connectivity index (χ0n) is 10.1. The van der Waals surface area contributed by atoms with E-state index < -0.39 is 0 Å². The third-order valence-corrected chi connectivity index (χ3v) is 2.91. The van der Waals surface area contributed by atoms with Crippen molar-refractivity contribution in [3.05, 3.63) is 53.2 Å². The minimum atomic E-state index is 0.309. The summed E-state index contributed by atoms with van der Waals surface area (Å²) in [6, 6.07) is 14.2. The minimum Gasteiger partial charge on any atom is -0.258 e. The van der Waals surface area contributed by atoms with Crippen molar-refractivity contribution in [2.75, 3.05) is 0 Å². The molecule has 0 aliphatic rings. The van der Waals surface area contributed by atoms with Crippen LogP contribution in [0.3, 0.4) is 0 Å². The highest BCUT2D eigenvalue weighted by atomic mass is 35.5. The zero-order chi connectivity index (χ0) is 13.0. The molecule has 0 saturated heterocycles. The maximum Gasteiger partial charge on any atom is 0.154 e. The van der Waals surface area contributed by atoms with Crippen molar-refractivity contribution in [1.82, 2.24) is 0 Å². The highest BCUT2D eigenvalue weighted by Crippen LogP contribution is 2.26. The first-order valence-corrected chi connectivity index (χ1v) is 5.98. The van der Waals surface area contributed by atoms with E-state index in [-0.39, 0.29) is 0 Å². The number of hydrogen-bond acceptors (Lipinski definition) is 2. The summed E-state index contributed by atoms with van der Waals surface area (Å²) in [5.74, 6) is 0. The number of aliphatic imine (C=N–C) groups is 2. The van der Waals surface area contributed by atoms with Gasteiger partial charge in [0, 0.05) is 11.8 Å². The van der Waals surface area contributed by atoms with Crippen LogP contribution in [0.4, 0.5) is 0 Å². The second kappa shape index (κ2) is 5.61. The van der Waals surface area contributed by atoms with Crippen molar-refractivity contribution < 1.29 is 0 Å². The van der Waals surface area contributed by atoms with Crippen LogP contribution in [0.1, 0.15) is 12.5 Å². The summed E-state index contributed by atoms with van der Waals surface area (Å²) in [5, 5.41) is 2.64. The molecule has 0 bridgehead atoms. The molecule has 0 aliphatic carbocycles. The van der Waals surface area contributed by atoms with E-state index >= 15 is 0 Å². The van der Waals surface area contributed by atoms with Crippen LogP contribution in [0.5, 0.6) is 0 Å². The smallest absolute Gasteiger partial charge is 0.154 e. The Kier molecular flexibility index (Phi) is 3.90. The van der Waals surface area contributed by atoms with Gasteiger partial charge in [-0.25, -0.2) is 0 Å². The molecule has 0 unspecified atom stereocenters. The van der Waals surface area contributed by atoms with Gasteiger partial charge in [0.15, 0.2) is 5.16 Å². The lowest BCUT2D eigenvalue weighted by Crippen LogP contribution is -1.85. The summed E-state index contributed by atoms with van der Waals surface area (Å²) in [6.07, 6.45) is 1.69. The quantitative estimate of drug-likeness (QED) is 0.571. The van der Waals surface area contributed by atoms with E-state index in [1.165, 1.54) is 5.39 Å². The van der Waals surface area contributed by atoms with Crippen molar-refractivity contribution in [2.24, 2.45) is 9.98 Å². The maximum absolute atomic E-state index is 6.03. The van der Waals surface area contributed by atoms with Crippen molar-refractivity contribution in [2.45, 2.75) is 6.92 Å². The lowest BCUT2D eigenvalue weighted by atomic mass is 10.1. The Morgan fingerprint density at radius 2 is 1.89 bits per heavy atom. The SMILES string of the molecule is C=N/C(Cl)=C(\N=CC)c1ccc2ccccc2c1. The second-order valence-corrected chi connectivity index (χ2v) is 4.10. The van der Waals surface area contributed by atoms with Crippen molar-refractivity contribution in [3.63, 3.8) is 0 Å². The van der Waals surface area contributed by atoms with Gasteiger partial charge in [-0.15, -0.1) is 0 Å². The predicted octanol–water partition coefficient (Wildman–Crippen LogP) is 4.50. The Morgan fingerprint density at radius 1 is 1.17 bits per heavy atom. The number of hydrogen-bond donors (Lipinski definition) is 0. The second-order valence-electron chi connectivity index (χ2n) is 3.75. The van der Waals surface area contributed by atoms with Gasteiger partial charge in [0.1, 0.15) is 5.70 Å². The summed E-state index contributed by atoms with van der Waals surface area (Å²) >= 11 is 6.03. The monoisotopic (exact) mass is 256 g/mol. The third-order valence-electron chi connectivity index (χ3n) is 2.62. The molecular formula is C15H13ClN2. The first-order valence-electron chi connectivity index (χ1n) is 5.60. The lowest BCUT2D eigenvalue weighted by molar-refractivity contribution is 1.44. The molecule has 18 heavy (non-hydrogen) atoms. The molecule has 0 spiro atoms. The summed E-state index contributed by atoms with van der Waals surface area (Å²) in [5.41, 5.74) is 1.57. The van der Waals surface area contributed by atoms with Gasteiger partial charge in [-0.3, -0.25) is 9.98 Å². The largest absolute Gasteiger partial charge is 0.258 e. The molecule has 2 nitrogen and oxygen atoms in total. The van der Waals surface area contributed by atoms with Crippen molar-refractivity contribution in [1.29, 1.82) is 0 Å². The first kappa shape index (κ1) is 12.5. The Morgan fingerprint density at radius 3 is 2.56 bits per heavy atom. The van der Waals surface area contributed by atoms with E-state index in [0.29, 0.717) is 10.9 Å². The highest BCUT2D eigenvalue weighted by Gasteiger charge is 2.05. The van der Waals surface area contributed by atoms with Gasteiger partial charge in [0.2, 0.25) is 0 Å². The molecule has 2 aromatic carbocycles. The maximum atomic E-state index is 6.03. The Labute approximate surface area is 111 Å². The molecule has 0 atom stereocenters. The van der Waals surface area contributed by atoms with Gasteiger partial charge in [-0.1, -0.05) is 48.0 Å². The van der Waals surface area contributed by atoms with Gasteiger partial charge in [-0.2, -0.15) is 0 Å². The molecule has 3 heteroatoms. The van der Waals surface area contributed by atoms with Gasteiger partial charge in [0.05, 0.1) is 0 Å². The van der Waals surface area contributed by atoms with Crippen molar-refractivity contribution >= 4 is 41.0 Å². The zero-order valence-corrected chi connectivity index (χ0v) is 10.9. The van der Waals surface area contributed by atoms with Crippen molar-refractivity contribution in [3.8, 4) is 0 Å². The molecule has 0 saturated carbocycles. The van der Waals surface area contributed by atoms with Crippen LogP contribution in [0.15, 0.2) is 57.6 Å². The molecule has 0 amide bonds. The van der Waals surface area contributed by atoms with Crippen LogP contribution < -0.4 is 0 Å². The lowest BCUT2D eigenvalue weighted by Gasteiger charge is -2.05. The molecular weight excluding hydrogens is 244 g/mol. The third kappa shape index (κ3) is 2.49. The van der Waals surface area contributed by atoms with Crippen LogP contribution >= 0.6 is 11.6 Å². The van der Waals surface area contributed by atoms with Crippen LogP contribution in [0.25, 0.3) is 16.5 Å². The Balaban J connectivity index is 2.62. The topological polar surface area (TPSA) is 24.7 Å². The molecule has 90 valence electrons. The number of rotatable bonds is 3. The van der Waals surface area contributed by atoms with Gasteiger partial charge < -0.3 is 0 Å². The average Bonchev–Trinajstić information content (AvgIpc) is 2.43. The molecule has 0 radical (unpaired) electrons. The number of fused-ring (bicyclic) bond motifs is 1. The fraction of sp³-hybridized carbons (Fsp3) is 0.0667. The van der Waals surface area contributed by atoms with Crippen LogP contribution in [-0.4, -0.2) is 12.9 Å². The summed E-state index contributed by atoms with van der Waals surface area (Å²) in [7, 11) is 0. The summed E-state index contributed by atoms with van der Waals surface area (Å²) in [4.78, 5) is 8.01. The standard InChI is InChI=1S/C15H13ClN2/c1-3-18-14(15(16)17-2)13-9-8-11-6-4-5-7-12(11)10-13/h3-10H,2H2,1H3/b15-14-,18-3?. The van der Waals surface area contributed by atoms with E-state index in [2.05, 4.69) is 28.8 Å². The molecule has 2 rings (SSSR count). The molecule has 0 aromatic heterocycles. The highest BCUT2D eigenvalue weighted by molar-refractivity contribution is 6.32. The van der Waals surface area contributed by atoms with Gasteiger partial charge in [-0.05, 0) is 30.5 Å². The molecule has 0 fully saturated rings. The molecule has 0 N–H and O–H groups in total.